The largest absolute Gasteiger partial charge is 0.324 e. The first-order chi connectivity index (χ1) is 15.8. The molecule has 0 saturated heterocycles. The van der Waals surface area contributed by atoms with E-state index in [1.165, 1.54) is 22.2 Å². The van der Waals surface area contributed by atoms with Crippen LogP contribution in [0.5, 0.6) is 0 Å². The highest BCUT2D eigenvalue weighted by atomic mass is 32.2. The van der Waals surface area contributed by atoms with Gasteiger partial charge in [-0.05, 0) is 55.8 Å². The quantitative estimate of drug-likeness (QED) is 0.525. The van der Waals surface area contributed by atoms with Crippen molar-refractivity contribution in [1.29, 1.82) is 5.26 Å². The predicted octanol–water partition coefficient (Wildman–Crippen LogP) is 4.11. The van der Waals surface area contributed by atoms with Crippen molar-refractivity contribution in [1.82, 2.24) is 19.9 Å². The Morgan fingerprint density at radius 3 is 2.88 bits per heavy atom. The van der Waals surface area contributed by atoms with Gasteiger partial charge < -0.3 is 20.1 Å². The third-order valence-electron chi connectivity index (χ3n) is 5.75. The molecule has 2 aliphatic heterocycles. The lowest BCUT2D eigenvalue weighted by molar-refractivity contribution is 0.290. The fraction of sp³-hybridized carbons (Fsp3) is 0.304. The summed E-state index contributed by atoms with van der Waals surface area (Å²) >= 11 is 1.90. The van der Waals surface area contributed by atoms with E-state index in [0.29, 0.717) is 34.5 Å². The van der Waals surface area contributed by atoms with E-state index in [2.05, 4.69) is 55.7 Å². The van der Waals surface area contributed by atoms with Crippen LogP contribution in [0.1, 0.15) is 22.6 Å². The average Bonchev–Trinajstić information content (AvgIpc) is 3.17. The Balaban J connectivity index is 1.44. The number of nitrogens with one attached hydrogen (secondary N) is 2. The number of benzene rings is 1. The maximum absolute atomic E-state index is 12.4. The second kappa shape index (κ2) is 8.45. The number of hydrogen-bond acceptors (Lipinski definition) is 9. The van der Waals surface area contributed by atoms with Crippen LogP contribution in [0.15, 0.2) is 41.4 Å². The van der Waals surface area contributed by atoms with Gasteiger partial charge in [0.1, 0.15) is 30.0 Å². The molecule has 5 rings (SSSR count). The molecule has 168 valence electrons. The van der Waals surface area contributed by atoms with Gasteiger partial charge in [0, 0.05) is 35.3 Å². The number of nitriles is 1. The Morgan fingerprint density at radius 1 is 1.24 bits per heavy atom. The Hall–Kier alpha value is -2.92. The third kappa shape index (κ3) is 4.47. The van der Waals surface area contributed by atoms with Crippen LogP contribution in [0.4, 0.5) is 23.3 Å². The predicted molar refractivity (Wildman–Crippen MR) is 133 cm³/mol. The van der Waals surface area contributed by atoms with Crippen molar-refractivity contribution < 1.29 is 4.57 Å². The standard InChI is InChI=1S/C23H24N7OPS/c1-30-11-14-7-17(8-18-21(14)16(12-30)13-33-18)26-23-25-10-15(9-24)22(29-23)28-19-5-4-6-20(27-19)32(2,3)31/h4-8,10,16H,11-13H2,1-3H3,(H2,25,26,27,28,29). The minimum Gasteiger partial charge on any atom is -0.324 e. The van der Waals surface area contributed by atoms with Crippen LogP contribution in [0.3, 0.4) is 0 Å². The van der Waals surface area contributed by atoms with Gasteiger partial charge in [-0.15, -0.1) is 11.8 Å². The third-order valence-corrected chi connectivity index (χ3v) is 8.32. The minimum absolute atomic E-state index is 0.299. The molecule has 0 aliphatic carbocycles. The van der Waals surface area contributed by atoms with E-state index in [4.69, 9.17) is 0 Å². The molecule has 0 amide bonds. The number of rotatable bonds is 5. The fourth-order valence-corrected chi connectivity index (χ4v) is 6.39. The monoisotopic (exact) mass is 477 g/mol. The summed E-state index contributed by atoms with van der Waals surface area (Å²) in [6.07, 6.45) is 1.49. The summed E-state index contributed by atoms with van der Waals surface area (Å²) in [6.45, 7) is 5.38. The molecule has 10 heteroatoms. The SMILES string of the molecule is CN1Cc2cc(Nc3ncc(C#N)c(Nc4cccc(P(C)(C)=O)n4)n3)cc3c2C(CS3)C1. The zero-order valence-electron chi connectivity index (χ0n) is 18.7. The summed E-state index contributed by atoms with van der Waals surface area (Å²) in [6, 6.07) is 11.7. The van der Waals surface area contributed by atoms with Gasteiger partial charge in [-0.3, -0.25) is 0 Å². The van der Waals surface area contributed by atoms with Crippen LogP contribution in [0.2, 0.25) is 0 Å². The van der Waals surface area contributed by atoms with Crippen molar-refractivity contribution in [2.24, 2.45) is 0 Å². The zero-order valence-corrected chi connectivity index (χ0v) is 20.4. The van der Waals surface area contributed by atoms with E-state index < -0.39 is 7.14 Å². The first-order valence-corrected chi connectivity index (χ1v) is 14.2. The summed E-state index contributed by atoms with van der Waals surface area (Å²) < 4.78 is 12.4. The molecule has 3 aromatic rings. The molecule has 33 heavy (non-hydrogen) atoms. The molecular formula is C23H24N7OPS. The van der Waals surface area contributed by atoms with Crippen LogP contribution in [0.25, 0.3) is 0 Å². The van der Waals surface area contributed by atoms with Crippen molar-refractivity contribution in [3.05, 3.63) is 53.2 Å². The van der Waals surface area contributed by atoms with E-state index in [1.54, 1.807) is 31.5 Å². The molecule has 0 saturated carbocycles. The van der Waals surface area contributed by atoms with Gasteiger partial charge in [0.15, 0.2) is 5.82 Å². The van der Waals surface area contributed by atoms with Crippen molar-refractivity contribution >= 4 is 47.6 Å². The van der Waals surface area contributed by atoms with E-state index >= 15 is 0 Å². The highest BCUT2D eigenvalue weighted by Crippen LogP contribution is 2.46. The molecule has 0 spiro atoms. The maximum atomic E-state index is 12.4. The summed E-state index contributed by atoms with van der Waals surface area (Å²) in [5, 5.41) is 15.9. The van der Waals surface area contributed by atoms with E-state index in [-0.39, 0.29) is 0 Å². The Kier molecular flexibility index (Phi) is 5.61. The fourth-order valence-electron chi connectivity index (χ4n) is 4.28. The second-order valence-electron chi connectivity index (χ2n) is 8.80. The lowest BCUT2D eigenvalue weighted by Crippen LogP contribution is -2.30. The van der Waals surface area contributed by atoms with Gasteiger partial charge in [0.25, 0.3) is 0 Å². The van der Waals surface area contributed by atoms with Crippen LogP contribution in [-0.4, -0.2) is 52.5 Å². The van der Waals surface area contributed by atoms with Gasteiger partial charge in [-0.25, -0.2) is 9.97 Å². The van der Waals surface area contributed by atoms with Crippen molar-refractivity contribution in [2.75, 3.05) is 43.3 Å². The van der Waals surface area contributed by atoms with Crippen molar-refractivity contribution in [2.45, 2.75) is 17.4 Å². The summed E-state index contributed by atoms with van der Waals surface area (Å²) in [7, 11) is -0.350. The first kappa shape index (κ1) is 21.9. The van der Waals surface area contributed by atoms with Crippen LogP contribution in [0, 0.1) is 11.3 Å². The van der Waals surface area contributed by atoms with Crippen molar-refractivity contribution in [3.63, 3.8) is 0 Å². The maximum Gasteiger partial charge on any atom is 0.229 e. The highest BCUT2D eigenvalue weighted by molar-refractivity contribution is 7.99. The molecule has 8 nitrogen and oxygen atoms in total. The molecule has 2 N–H and O–H groups in total. The summed E-state index contributed by atoms with van der Waals surface area (Å²) in [4.78, 5) is 17.0. The van der Waals surface area contributed by atoms with Crippen LogP contribution >= 0.6 is 18.9 Å². The Morgan fingerprint density at radius 2 is 2.09 bits per heavy atom. The molecule has 1 aromatic carbocycles. The lowest BCUT2D eigenvalue weighted by atomic mass is 9.91. The number of hydrogen-bond donors (Lipinski definition) is 2. The van der Waals surface area contributed by atoms with E-state index in [1.807, 2.05) is 11.8 Å². The lowest BCUT2D eigenvalue weighted by Gasteiger charge is -2.29. The van der Waals surface area contributed by atoms with Crippen LogP contribution in [-0.2, 0) is 11.1 Å². The van der Waals surface area contributed by atoms with E-state index in [0.717, 1.165) is 24.5 Å². The number of pyridine rings is 1. The number of aromatic nitrogens is 3. The molecule has 2 aliphatic rings. The van der Waals surface area contributed by atoms with E-state index in [9.17, 15) is 9.83 Å². The Labute approximate surface area is 197 Å². The molecule has 1 atom stereocenters. The topological polar surface area (TPSA) is 107 Å². The highest BCUT2D eigenvalue weighted by Gasteiger charge is 2.31. The molecule has 2 aromatic heterocycles. The normalized spacial score (nSPS) is 17.3. The molecule has 4 heterocycles. The van der Waals surface area contributed by atoms with Crippen LogP contribution < -0.4 is 16.1 Å². The molecule has 0 radical (unpaired) electrons. The molecule has 0 fully saturated rings. The second-order valence-corrected chi connectivity index (χ2v) is 13.0. The first-order valence-electron chi connectivity index (χ1n) is 10.6. The number of anilines is 4. The van der Waals surface area contributed by atoms with Gasteiger partial charge >= 0.3 is 0 Å². The Bertz CT molecular complexity index is 1330. The molecule has 1 unspecified atom stereocenters. The zero-order chi connectivity index (χ0) is 23.2. The minimum atomic E-state index is -2.51. The van der Waals surface area contributed by atoms with Gasteiger partial charge in [-0.2, -0.15) is 10.2 Å². The van der Waals surface area contributed by atoms with Gasteiger partial charge in [0.2, 0.25) is 5.95 Å². The summed E-state index contributed by atoms with van der Waals surface area (Å²) in [5.41, 5.74) is 4.58. The summed E-state index contributed by atoms with van der Waals surface area (Å²) in [5.74, 6) is 2.93. The number of nitrogens with zero attached hydrogens (tertiary/aromatic N) is 5. The van der Waals surface area contributed by atoms with Gasteiger partial charge in [-0.1, -0.05) is 6.07 Å². The number of thioether (sulfide) groups is 1. The average molecular weight is 478 g/mol. The van der Waals surface area contributed by atoms with Crippen molar-refractivity contribution in [3.8, 4) is 6.07 Å². The molecule has 0 bridgehead atoms. The number of likely N-dealkylation sites (N-methyl/N-ethyl adjacent to an activating group) is 1. The van der Waals surface area contributed by atoms with Gasteiger partial charge in [0.05, 0.1) is 6.20 Å². The smallest absolute Gasteiger partial charge is 0.229 e. The molecular weight excluding hydrogens is 453 g/mol.